The number of carbonyl (C=O) groups is 1. The number of carbonyl (C=O) groups excluding carboxylic acids is 1. The predicted octanol–water partition coefficient (Wildman–Crippen LogP) is 3.41. The van der Waals surface area contributed by atoms with Gasteiger partial charge in [0.25, 0.3) is 0 Å². The van der Waals surface area contributed by atoms with Crippen LogP contribution in [0.1, 0.15) is 38.2 Å². The number of hydrogen-bond donors (Lipinski definition) is 1. The first-order valence-corrected chi connectivity index (χ1v) is 8.33. The van der Waals surface area contributed by atoms with E-state index in [1.165, 1.54) is 18.4 Å². The molecule has 0 bridgehead atoms. The molecule has 3 rings (SSSR count). The van der Waals surface area contributed by atoms with Gasteiger partial charge < -0.3 is 10.2 Å². The van der Waals surface area contributed by atoms with Gasteiger partial charge in [-0.25, -0.2) is 0 Å². The average Bonchev–Trinajstić information content (AvgIpc) is 2.52. The molecule has 1 unspecified atom stereocenters. The standard InChI is InChI=1S/C18H26N2O.ClH/c1-14-12-16-4-2-3-5-17(16)20(13-14)18(21)7-6-15-8-10-19-11-9-15;/h2-5,14-15,19H,6-13H2,1H3;1H. The van der Waals surface area contributed by atoms with Crippen LogP contribution in [0.3, 0.4) is 0 Å². The summed E-state index contributed by atoms with van der Waals surface area (Å²) in [7, 11) is 0. The van der Waals surface area contributed by atoms with Crippen molar-refractivity contribution in [1.82, 2.24) is 5.32 Å². The second-order valence-electron chi connectivity index (χ2n) is 6.67. The third kappa shape index (κ3) is 4.02. The lowest BCUT2D eigenvalue weighted by atomic mass is 9.91. The molecule has 1 atom stereocenters. The molecule has 1 amide bonds. The van der Waals surface area contributed by atoms with Crippen LogP contribution in [0.25, 0.3) is 0 Å². The van der Waals surface area contributed by atoms with E-state index in [9.17, 15) is 4.79 Å². The number of benzene rings is 1. The first kappa shape index (κ1) is 17.3. The predicted molar refractivity (Wildman–Crippen MR) is 93.7 cm³/mol. The lowest BCUT2D eigenvalue weighted by Gasteiger charge is -2.33. The second-order valence-corrected chi connectivity index (χ2v) is 6.67. The van der Waals surface area contributed by atoms with Crippen LogP contribution in [0.15, 0.2) is 24.3 Å². The van der Waals surface area contributed by atoms with Gasteiger partial charge in [-0.15, -0.1) is 12.4 Å². The highest BCUT2D eigenvalue weighted by Crippen LogP contribution is 2.30. The first-order chi connectivity index (χ1) is 10.2. The second kappa shape index (κ2) is 7.98. The molecule has 0 saturated carbocycles. The van der Waals surface area contributed by atoms with E-state index in [1.54, 1.807) is 0 Å². The number of nitrogens with one attached hydrogen (secondary N) is 1. The summed E-state index contributed by atoms with van der Waals surface area (Å²) < 4.78 is 0. The van der Waals surface area contributed by atoms with Crippen LogP contribution in [0.2, 0.25) is 0 Å². The number of nitrogens with zero attached hydrogens (tertiary/aromatic N) is 1. The molecule has 1 saturated heterocycles. The first-order valence-electron chi connectivity index (χ1n) is 8.33. The Morgan fingerprint density at radius 1 is 1.27 bits per heavy atom. The SMILES string of the molecule is CC1Cc2ccccc2N(C(=O)CCC2CCNCC2)C1.Cl. The maximum absolute atomic E-state index is 12.7. The number of halogens is 1. The Morgan fingerprint density at radius 3 is 2.77 bits per heavy atom. The highest BCUT2D eigenvalue weighted by Gasteiger charge is 2.26. The smallest absolute Gasteiger partial charge is 0.227 e. The van der Waals surface area contributed by atoms with Crippen LogP contribution < -0.4 is 10.2 Å². The van der Waals surface area contributed by atoms with Crippen molar-refractivity contribution in [1.29, 1.82) is 0 Å². The Morgan fingerprint density at radius 2 is 2.00 bits per heavy atom. The van der Waals surface area contributed by atoms with Crippen LogP contribution >= 0.6 is 12.4 Å². The molecule has 2 aliphatic rings. The number of para-hydroxylation sites is 1. The van der Waals surface area contributed by atoms with E-state index in [0.29, 0.717) is 18.2 Å². The molecule has 1 aromatic rings. The molecule has 0 aliphatic carbocycles. The van der Waals surface area contributed by atoms with Gasteiger partial charge in [0.15, 0.2) is 0 Å². The van der Waals surface area contributed by atoms with Crippen molar-refractivity contribution in [2.45, 2.75) is 39.0 Å². The minimum Gasteiger partial charge on any atom is -0.317 e. The van der Waals surface area contributed by atoms with Gasteiger partial charge in [-0.3, -0.25) is 4.79 Å². The maximum Gasteiger partial charge on any atom is 0.227 e. The zero-order chi connectivity index (χ0) is 14.7. The number of anilines is 1. The Kier molecular flexibility index (Phi) is 6.27. The van der Waals surface area contributed by atoms with E-state index in [0.717, 1.165) is 44.1 Å². The molecule has 4 heteroatoms. The van der Waals surface area contributed by atoms with Gasteiger partial charge in [-0.2, -0.15) is 0 Å². The summed E-state index contributed by atoms with van der Waals surface area (Å²) in [5.74, 6) is 1.60. The van der Waals surface area contributed by atoms with E-state index < -0.39 is 0 Å². The molecule has 1 aromatic carbocycles. The molecule has 1 fully saturated rings. The van der Waals surface area contributed by atoms with Gasteiger partial charge in [-0.05, 0) is 62.2 Å². The third-order valence-electron chi connectivity index (χ3n) is 4.87. The van der Waals surface area contributed by atoms with Crippen molar-refractivity contribution in [3.05, 3.63) is 29.8 Å². The highest BCUT2D eigenvalue weighted by atomic mass is 35.5. The lowest BCUT2D eigenvalue weighted by Crippen LogP contribution is -2.39. The molecule has 3 nitrogen and oxygen atoms in total. The minimum atomic E-state index is 0. The van der Waals surface area contributed by atoms with Crippen molar-refractivity contribution in [3.8, 4) is 0 Å². The van der Waals surface area contributed by atoms with Gasteiger partial charge in [0.1, 0.15) is 0 Å². The Labute approximate surface area is 139 Å². The number of fused-ring (bicyclic) bond motifs is 1. The van der Waals surface area contributed by atoms with Crippen molar-refractivity contribution >= 4 is 24.0 Å². The molecule has 22 heavy (non-hydrogen) atoms. The molecule has 122 valence electrons. The Balaban J connectivity index is 0.00000176. The average molecular weight is 323 g/mol. The maximum atomic E-state index is 12.7. The quantitative estimate of drug-likeness (QED) is 0.925. The summed E-state index contributed by atoms with van der Waals surface area (Å²) in [6.07, 6.45) is 5.29. The van der Waals surface area contributed by atoms with Crippen LogP contribution in [-0.4, -0.2) is 25.5 Å². The molecular weight excluding hydrogens is 296 g/mol. The highest BCUT2D eigenvalue weighted by molar-refractivity contribution is 5.94. The monoisotopic (exact) mass is 322 g/mol. The van der Waals surface area contributed by atoms with E-state index >= 15 is 0 Å². The topological polar surface area (TPSA) is 32.3 Å². The van der Waals surface area contributed by atoms with E-state index in [4.69, 9.17) is 0 Å². The summed E-state index contributed by atoms with van der Waals surface area (Å²) in [6, 6.07) is 8.39. The fourth-order valence-electron chi connectivity index (χ4n) is 3.67. The van der Waals surface area contributed by atoms with Crippen molar-refractivity contribution in [2.24, 2.45) is 11.8 Å². The zero-order valence-electron chi connectivity index (χ0n) is 13.4. The number of hydrogen-bond acceptors (Lipinski definition) is 2. The summed E-state index contributed by atoms with van der Waals surface area (Å²) in [5.41, 5.74) is 2.47. The zero-order valence-corrected chi connectivity index (χ0v) is 14.2. The van der Waals surface area contributed by atoms with Crippen LogP contribution in [-0.2, 0) is 11.2 Å². The third-order valence-corrected chi connectivity index (χ3v) is 4.87. The molecule has 1 N–H and O–H groups in total. The molecule has 0 aromatic heterocycles. The summed E-state index contributed by atoms with van der Waals surface area (Å²) in [5, 5.41) is 3.39. The van der Waals surface area contributed by atoms with Crippen molar-refractivity contribution in [2.75, 3.05) is 24.5 Å². The van der Waals surface area contributed by atoms with Gasteiger partial charge in [0, 0.05) is 18.7 Å². The van der Waals surface area contributed by atoms with Gasteiger partial charge in [0.05, 0.1) is 0 Å². The van der Waals surface area contributed by atoms with Crippen molar-refractivity contribution < 1.29 is 4.79 Å². The van der Waals surface area contributed by atoms with E-state index in [-0.39, 0.29) is 12.4 Å². The van der Waals surface area contributed by atoms with E-state index in [2.05, 4.69) is 30.4 Å². The molecular formula is C18H27ClN2O. The number of piperidine rings is 1. The lowest BCUT2D eigenvalue weighted by molar-refractivity contribution is -0.119. The summed E-state index contributed by atoms with van der Waals surface area (Å²) in [4.78, 5) is 14.7. The Bertz CT molecular complexity index is 500. The fourth-order valence-corrected chi connectivity index (χ4v) is 3.67. The normalized spacial score (nSPS) is 21.9. The molecule has 0 spiro atoms. The largest absolute Gasteiger partial charge is 0.317 e. The van der Waals surface area contributed by atoms with Gasteiger partial charge >= 0.3 is 0 Å². The van der Waals surface area contributed by atoms with Gasteiger partial charge in [-0.1, -0.05) is 25.1 Å². The Hall–Kier alpha value is -1.06. The van der Waals surface area contributed by atoms with Crippen LogP contribution in [0, 0.1) is 11.8 Å². The molecule has 2 aliphatic heterocycles. The minimum absolute atomic E-state index is 0. The molecule has 2 heterocycles. The van der Waals surface area contributed by atoms with Crippen LogP contribution in [0.5, 0.6) is 0 Å². The van der Waals surface area contributed by atoms with Crippen LogP contribution in [0.4, 0.5) is 5.69 Å². The number of amides is 1. The van der Waals surface area contributed by atoms with Gasteiger partial charge in [0.2, 0.25) is 5.91 Å². The summed E-state index contributed by atoms with van der Waals surface area (Å²) >= 11 is 0. The number of rotatable bonds is 3. The fraction of sp³-hybridized carbons (Fsp3) is 0.611. The molecule has 0 radical (unpaired) electrons. The van der Waals surface area contributed by atoms with E-state index in [1.807, 2.05) is 11.0 Å². The summed E-state index contributed by atoms with van der Waals surface area (Å²) in [6.45, 7) is 5.34. The van der Waals surface area contributed by atoms with Crippen molar-refractivity contribution in [3.63, 3.8) is 0 Å².